The lowest BCUT2D eigenvalue weighted by atomic mass is 10.1. The summed E-state index contributed by atoms with van der Waals surface area (Å²) in [5.74, 6) is -1.33. The zero-order valence-electron chi connectivity index (χ0n) is 19.1. The minimum absolute atomic E-state index is 0.0332. The Hall–Kier alpha value is -5.44. The Balaban J connectivity index is 1.28. The number of aromatic nitrogens is 3. The van der Waals surface area contributed by atoms with Crippen molar-refractivity contribution in [1.29, 1.82) is 5.26 Å². The molecule has 0 saturated carbocycles. The number of nitrogens with zero attached hydrogens (tertiary/aromatic N) is 6. The molecule has 3 heterocycles. The maximum Gasteiger partial charge on any atom is 0.282 e. The lowest BCUT2D eigenvalue weighted by Gasteiger charge is -2.14. The number of imide groups is 1. The number of rotatable bonds is 7. The van der Waals surface area contributed by atoms with E-state index >= 15 is 0 Å². The molecule has 2 aromatic carbocycles. The third-order valence-corrected chi connectivity index (χ3v) is 5.91. The fourth-order valence-corrected chi connectivity index (χ4v) is 4.16. The predicted molar refractivity (Wildman–Crippen MR) is 130 cm³/mol. The summed E-state index contributed by atoms with van der Waals surface area (Å²) in [6.07, 6.45) is 1.34. The molecule has 182 valence electrons. The van der Waals surface area contributed by atoms with Crippen LogP contribution in [0.3, 0.4) is 0 Å². The quantitative estimate of drug-likeness (QED) is 0.232. The molecule has 0 radical (unpaired) electrons. The van der Waals surface area contributed by atoms with Gasteiger partial charge in [0.2, 0.25) is 5.91 Å². The highest BCUT2D eigenvalue weighted by atomic mass is 16.6. The number of pyridine rings is 1. The Morgan fingerprint density at radius 1 is 1.08 bits per heavy atom. The first-order valence-electron chi connectivity index (χ1n) is 11.2. The number of nitro groups is 1. The fourth-order valence-electron chi connectivity index (χ4n) is 4.16. The van der Waals surface area contributed by atoms with E-state index in [4.69, 9.17) is 0 Å². The summed E-state index contributed by atoms with van der Waals surface area (Å²) in [7, 11) is 0. The Labute approximate surface area is 208 Å². The van der Waals surface area contributed by atoms with Crippen LogP contribution >= 0.6 is 0 Å². The summed E-state index contributed by atoms with van der Waals surface area (Å²) >= 11 is 0. The lowest BCUT2D eigenvalue weighted by molar-refractivity contribution is -0.385. The normalized spacial score (nSPS) is 12.5. The minimum Gasteiger partial charge on any atom is -0.309 e. The summed E-state index contributed by atoms with van der Waals surface area (Å²) in [6, 6.07) is 16.9. The van der Waals surface area contributed by atoms with Gasteiger partial charge in [0.15, 0.2) is 11.6 Å². The van der Waals surface area contributed by atoms with Crippen LogP contribution in [0.1, 0.15) is 39.1 Å². The van der Waals surface area contributed by atoms with E-state index < -0.39 is 28.3 Å². The number of hydrogen-bond acceptors (Lipinski definition) is 8. The molecule has 0 atom stereocenters. The molecule has 4 aromatic rings. The Bertz CT molecular complexity index is 1650. The van der Waals surface area contributed by atoms with Crippen LogP contribution in [0.4, 0.5) is 11.5 Å². The van der Waals surface area contributed by atoms with Gasteiger partial charge in [-0.05, 0) is 30.7 Å². The first-order chi connectivity index (χ1) is 17.9. The number of para-hydroxylation sites is 1. The zero-order valence-corrected chi connectivity index (χ0v) is 19.1. The van der Waals surface area contributed by atoms with Crippen molar-refractivity contribution >= 4 is 40.1 Å². The molecule has 0 unspecified atom stereocenters. The first-order valence-corrected chi connectivity index (χ1v) is 11.2. The highest BCUT2D eigenvalue weighted by molar-refractivity contribution is 6.23. The highest BCUT2D eigenvalue weighted by Gasteiger charge is 2.40. The average Bonchev–Trinajstić information content (AvgIpc) is 3.42. The van der Waals surface area contributed by atoms with Crippen LogP contribution < -0.4 is 5.32 Å². The van der Waals surface area contributed by atoms with Gasteiger partial charge in [-0.25, -0.2) is 4.98 Å². The molecular formula is C25H17N7O5. The Kier molecular flexibility index (Phi) is 5.86. The van der Waals surface area contributed by atoms with Crippen molar-refractivity contribution in [3.05, 3.63) is 87.6 Å². The summed E-state index contributed by atoms with van der Waals surface area (Å²) in [6.45, 7) is -0.104. The number of carbonyl (C=O) groups excluding carboxylic acids is 3. The van der Waals surface area contributed by atoms with Crippen LogP contribution in [-0.2, 0) is 4.79 Å². The molecule has 0 bridgehead atoms. The summed E-state index contributed by atoms with van der Waals surface area (Å²) in [5, 5.41) is 28.5. The molecule has 12 nitrogen and oxygen atoms in total. The summed E-state index contributed by atoms with van der Waals surface area (Å²) in [5.41, 5.74) is 0.139. The molecular weight excluding hydrogens is 478 g/mol. The van der Waals surface area contributed by atoms with Crippen LogP contribution in [0.5, 0.6) is 0 Å². The van der Waals surface area contributed by atoms with Crippen molar-refractivity contribution < 1.29 is 19.3 Å². The van der Waals surface area contributed by atoms with Gasteiger partial charge in [-0.15, -0.1) is 0 Å². The number of anilines is 1. The number of hydrogen-bond donors (Lipinski definition) is 1. The largest absolute Gasteiger partial charge is 0.309 e. The van der Waals surface area contributed by atoms with E-state index in [1.54, 1.807) is 6.07 Å². The molecule has 1 aliphatic heterocycles. The maximum absolute atomic E-state index is 12.7. The summed E-state index contributed by atoms with van der Waals surface area (Å²) < 4.78 is 1.35. The number of nitrogens with one attached hydrogen (secondary N) is 1. The van der Waals surface area contributed by atoms with Gasteiger partial charge in [0.25, 0.3) is 17.5 Å². The summed E-state index contributed by atoms with van der Waals surface area (Å²) in [4.78, 5) is 54.0. The third-order valence-electron chi connectivity index (χ3n) is 5.91. The number of amides is 3. The molecule has 0 fully saturated rings. The first kappa shape index (κ1) is 23.3. The minimum atomic E-state index is -0.764. The van der Waals surface area contributed by atoms with Gasteiger partial charge < -0.3 is 5.32 Å². The van der Waals surface area contributed by atoms with Crippen LogP contribution in [-0.4, -0.2) is 48.9 Å². The van der Waals surface area contributed by atoms with Gasteiger partial charge in [0.1, 0.15) is 17.2 Å². The van der Waals surface area contributed by atoms with E-state index in [-0.39, 0.29) is 41.9 Å². The maximum atomic E-state index is 12.7. The van der Waals surface area contributed by atoms with Crippen molar-refractivity contribution in [3.63, 3.8) is 0 Å². The van der Waals surface area contributed by atoms with Crippen LogP contribution in [0.2, 0.25) is 0 Å². The van der Waals surface area contributed by atoms with E-state index in [1.165, 1.54) is 29.1 Å². The molecule has 0 aliphatic carbocycles. The number of benzene rings is 2. The van der Waals surface area contributed by atoms with Crippen molar-refractivity contribution in [2.45, 2.75) is 12.8 Å². The van der Waals surface area contributed by atoms with E-state index in [1.807, 2.05) is 36.4 Å². The molecule has 0 saturated heterocycles. The molecule has 5 rings (SSSR count). The van der Waals surface area contributed by atoms with Crippen LogP contribution in [0.15, 0.2) is 60.8 Å². The number of fused-ring (bicyclic) bond motifs is 2. The predicted octanol–water partition coefficient (Wildman–Crippen LogP) is 3.22. The SMILES string of the molecule is N#Cc1cnn(-c2ccc3ccccc3n2)c1NC(=O)CCCN1C(=O)c2cccc([N+](=O)[O-])c2C1=O. The second-order valence-corrected chi connectivity index (χ2v) is 8.16. The molecule has 37 heavy (non-hydrogen) atoms. The lowest BCUT2D eigenvalue weighted by Crippen LogP contribution is -2.31. The smallest absolute Gasteiger partial charge is 0.282 e. The molecule has 2 aromatic heterocycles. The molecule has 1 aliphatic rings. The second-order valence-electron chi connectivity index (χ2n) is 8.16. The monoisotopic (exact) mass is 495 g/mol. The van der Waals surface area contributed by atoms with Gasteiger partial charge in [0, 0.05) is 24.4 Å². The van der Waals surface area contributed by atoms with Gasteiger partial charge >= 0.3 is 0 Å². The van der Waals surface area contributed by atoms with Crippen molar-refractivity contribution in [2.75, 3.05) is 11.9 Å². The number of nitriles is 1. The van der Waals surface area contributed by atoms with Crippen molar-refractivity contribution in [1.82, 2.24) is 19.7 Å². The Morgan fingerprint density at radius 3 is 2.68 bits per heavy atom. The van der Waals surface area contributed by atoms with Gasteiger partial charge in [-0.2, -0.15) is 15.0 Å². The van der Waals surface area contributed by atoms with Gasteiger partial charge in [-0.1, -0.05) is 24.3 Å². The molecule has 0 spiro atoms. The molecule has 3 amide bonds. The van der Waals surface area contributed by atoms with E-state index in [9.17, 15) is 29.8 Å². The molecule has 12 heteroatoms. The van der Waals surface area contributed by atoms with E-state index in [0.29, 0.717) is 11.3 Å². The highest BCUT2D eigenvalue weighted by Crippen LogP contribution is 2.31. The second kappa shape index (κ2) is 9.31. The van der Waals surface area contributed by atoms with Gasteiger partial charge in [-0.3, -0.25) is 29.4 Å². The molecule has 1 N–H and O–H groups in total. The topological polar surface area (TPSA) is 164 Å². The Morgan fingerprint density at radius 2 is 1.89 bits per heavy atom. The zero-order chi connectivity index (χ0) is 26.1. The van der Waals surface area contributed by atoms with E-state index in [0.717, 1.165) is 10.3 Å². The standard InChI is InChI=1S/C25H17N7O5/c26-13-16-14-27-31(20-11-10-15-5-1-2-7-18(15)28-20)23(16)29-21(33)9-4-12-30-24(34)17-6-3-8-19(32(36)37)22(17)25(30)35/h1-3,5-8,10-11,14H,4,9,12H2,(H,29,33). The van der Waals surface area contributed by atoms with Gasteiger partial charge in [0.05, 0.1) is 22.2 Å². The fraction of sp³-hybridized carbons (Fsp3) is 0.120. The van der Waals surface area contributed by atoms with E-state index in [2.05, 4.69) is 15.4 Å². The average molecular weight is 495 g/mol. The van der Waals surface area contributed by atoms with Crippen LogP contribution in [0.25, 0.3) is 16.7 Å². The van der Waals surface area contributed by atoms with Crippen molar-refractivity contribution in [3.8, 4) is 11.9 Å². The third kappa shape index (κ3) is 4.14. The number of carbonyl (C=O) groups is 3. The number of nitro benzene ring substituents is 1. The van der Waals surface area contributed by atoms with Crippen LogP contribution in [0, 0.1) is 21.4 Å². The van der Waals surface area contributed by atoms with Crippen molar-refractivity contribution in [2.24, 2.45) is 0 Å².